The average molecular weight is 828 g/mol. The molecular formula is C47H48F3N5O5. The van der Waals surface area contributed by atoms with Crippen LogP contribution >= 0.6 is 0 Å². The van der Waals surface area contributed by atoms with E-state index in [-0.39, 0.29) is 11.3 Å². The number of rotatable bonds is 12. The number of likely N-dealkylation sites (tertiary alicyclic amines) is 1. The summed E-state index contributed by atoms with van der Waals surface area (Å²) in [6.45, 7) is -11.5. The number of nitrogens with one attached hydrogen (secondary N) is 1. The van der Waals surface area contributed by atoms with E-state index in [1.54, 1.807) is 0 Å². The number of allylic oxidation sites excluding steroid dienone is 1. The third-order valence-electron chi connectivity index (χ3n) is 11.3. The summed E-state index contributed by atoms with van der Waals surface area (Å²) in [5, 5.41) is 1.89. The topological polar surface area (TPSA) is 102 Å². The third kappa shape index (κ3) is 8.20. The Labute approximate surface area is 358 Å². The fourth-order valence-electron chi connectivity index (χ4n) is 8.22. The van der Waals surface area contributed by atoms with Gasteiger partial charge >= 0.3 is 0 Å². The first-order valence-electron chi connectivity index (χ1n) is 23.9. The first kappa shape index (κ1) is 32.0. The lowest BCUT2D eigenvalue weighted by atomic mass is 9.88. The molecule has 60 heavy (non-hydrogen) atoms. The van der Waals surface area contributed by atoms with E-state index in [1.807, 2.05) is 66.0 Å². The van der Waals surface area contributed by atoms with Crippen LogP contribution in [0, 0.1) is 23.4 Å². The number of amides is 4. The Hall–Kier alpha value is -5.79. The normalized spacial score (nSPS) is 25.0. The van der Waals surface area contributed by atoms with Crippen molar-refractivity contribution in [1.82, 2.24) is 20.0 Å². The number of piperidine rings is 2. The molecule has 0 aliphatic carbocycles. The number of carbonyl (C=O) groups excluding carboxylic acids is 4. The van der Waals surface area contributed by atoms with E-state index in [4.69, 9.17) is 15.7 Å². The van der Waals surface area contributed by atoms with Gasteiger partial charge in [0.1, 0.15) is 24.1 Å². The summed E-state index contributed by atoms with van der Waals surface area (Å²) in [5.74, 6) is -11.9. The van der Waals surface area contributed by atoms with E-state index in [0.717, 1.165) is 28.7 Å². The summed E-state index contributed by atoms with van der Waals surface area (Å²) in [5.41, 5.74) is 0.660. The van der Waals surface area contributed by atoms with Gasteiger partial charge in [0.15, 0.2) is 17.5 Å². The molecule has 13 heteroatoms. The average Bonchev–Trinajstić information content (AvgIpc) is 3.57. The van der Waals surface area contributed by atoms with Crippen molar-refractivity contribution in [2.75, 3.05) is 63.7 Å². The van der Waals surface area contributed by atoms with Crippen LogP contribution in [-0.2, 0) is 9.59 Å². The van der Waals surface area contributed by atoms with Crippen LogP contribution in [0.25, 0.3) is 11.1 Å². The number of ether oxygens (including phenoxy) is 1. The molecule has 4 aliphatic rings. The van der Waals surface area contributed by atoms with Gasteiger partial charge in [-0.2, -0.15) is 0 Å². The van der Waals surface area contributed by atoms with Gasteiger partial charge in [-0.3, -0.25) is 39.2 Å². The minimum atomic E-state index is -3.87. The van der Waals surface area contributed by atoms with Gasteiger partial charge in [0.05, 0.1) is 16.6 Å². The molecule has 3 saturated heterocycles. The Balaban J connectivity index is 0.941. The van der Waals surface area contributed by atoms with Crippen LogP contribution in [0.15, 0.2) is 84.9 Å². The zero-order valence-corrected chi connectivity index (χ0v) is 32.8. The number of carbonyl (C=O) groups is 4. The molecule has 10 nitrogen and oxygen atoms in total. The summed E-state index contributed by atoms with van der Waals surface area (Å²) in [4.78, 5) is 53.1. The lowest BCUT2D eigenvalue weighted by molar-refractivity contribution is -0.136. The van der Waals surface area contributed by atoms with E-state index in [1.165, 1.54) is 5.57 Å². The molecular weight excluding hydrogens is 772 g/mol. The standard InChI is InChI=1S/C47H48F3N5O5/c1-2-35(31-9-5-3-6-10-31)38(32-11-7-4-8-12-32)33-13-15-34(16-14-33)60-28-27-52-21-19-30(20-22-52)29-53-23-25-54(26-24-53)44-42(49)40-39(41(48)43(44)50)46(58)55(47(40)59)36-17-18-37(56)51-45(36)57/h3-16,30,36H,2,17-29H2,1H3,(H,51,56,57)/i23D2,24D2,25D2,26D2. The Morgan fingerprint density at radius 2 is 1.33 bits per heavy atom. The van der Waals surface area contributed by atoms with Crippen LogP contribution in [0.5, 0.6) is 5.75 Å². The summed E-state index contributed by atoms with van der Waals surface area (Å²) in [6.07, 6.45) is 0.746. The molecule has 1 unspecified atom stereocenters. The quantitative estimate of drug-likeness (QED) is 0.0948. The number of halogens is 3. The van der Waals surface area contributed by atoms with Crippen molar-refractivity contribution in [2.24, 2.45) is 5.92 Å². The Morgan fingerprint density at radius 3 is 1.95 bits per heavy atom. The number of imide groups is 2. The van der Waals surface area contributed by atoms with Crippen LogP contribution in [-0.4, -0.2) is 103 Å². The molecule has 8 rings (SSSR count). The van der Waals surface area contributed by atoms with E-state index >= 15 is 13.2 Å². The molecule has 0 saturated carbocycles. The van der Waals surface area contributed by atoms with Crippen molar-refractivity contribution < 1.29 is 48.1 Å². The largest absolute Gasteiger partial charge is 0.492 e. The second-order valence-electron chi connectivity index (χ2n) is 15.0. The molecule has 0 spiro atoms. The molecule has 4 heterocycles. The number of benzene rings is 4. The second kappa shape index (κ2) is 17.8. The maximum absolute atomic E-state index is 16.6. The predicted molar refractivity (Wildman–Crippen MR) is 222 cm³/mol. The van der Waals surface area contributed by atoms with Crippen molar-refractivity contribution in [2.45, 2.75) is 45.1 Å². The smallest absolute Gasteiger partial charge is 0.265 e. The first-order valence-corrected chi connectivity index (χ1v) is 19.9. The second-order valence-corrected chi connectivity index (χ2v) is 15.0. The van der Waals surface area contributed by atoms with Crippen LogP contribution < -0.4 is 15.0 Å². The van der Waals surface area contributed by atoms with Crippen molar-refractivity contribution in [3.05, 3.63) is 130 Å². The number of nitrogens with zero attached hydrogens (tertiary/aromatic N) is 4. The summed E-state index contributed by atoms with van der Waals surface area (Å²) in [6, 6.07) is 26.6. The van der Waals surface area contributed by atoms with Gasteiger partial charge in [-0.15, -0.1) is 0 Å². The van der Waals surface area contributed by atoms with Crippen LogP contribution in [0.1, 0.15) is 87.4 Å². The lowest BCUT2D eigenvalue weighted by Crippen LogP contribution is -2.54. The zero-order chi connectivity index (χ0) is 49.1. The van der Waals surface area contributed by atoms with Gasteiger partial charge in [0.2, 0.25) is 11.8 Å². The molecule has 4 amide bonds. The zero-order valence-electron chi connectivity index (χ0n) is 40.8. The number of piperazine rings is 1. The minimum absolute atomic E-state index is 0.118. The minimum Gasteiger partial charge on any atom is -0.492 e. The summed E-state index contributed by atoms with van der Waals surface area (Å²) in [7, 11) is 0. The molecule has 3 fully saturated rings. The first-order chi connectivity index (χ1) is 32.1. The van der Waals surface area contributed by atoms with Crippen molar-refractivity contribution in [3.63, 3.8) is 0 Å². The predicted octanol–water partition coefficient (Wildman–Crippen LogP) is 6.79. The highest BCUT2D eigenvalue weighted by atomic mass is 19.2. The van der Waals surface area contributed by atoms with E-state index in [0.29, 0.717) is 49.7 Å². The summed E-state index contributed by atoms with van der Waals surface area (Å²) < 4.78 is 126. The number of fused-ring (bicyclic) bond motifs is 1. The third-order valence-corrected chi connectivity index (χ3v) is 11.3. The lowest BCUT2D eigenvalue weighted by Gasteiger charge is -2.39. The number of anilines is 1. The molecule has 0 bridgehead atoms. The van der Waals surface area contributed by atoms with Crippen molar-refractivity contribution in [3.8, 4) is 5.75 Å². The fraction of sp³-hybridized carbons (Fsp3) is 0.362. The Bertz CT molecular complexity index is 2640. The molecule has 0 aromatic heterocycles. The Morgan fingerprint density at radius 1 is 0.733 bits per heavy atom. The molecule has 4 aromatic rings. The highest BCUT2D eigenvalue weighted by Gasteiger charge is 2.49. The maximum Gasteiger partial charge on any atom is 0.265 e. The van der Waals surface area contributed by atoms with Crippen molar-refractivity contribution in [1.29, 1.82) is 0 Å². The molecule has 4 aromatic carbocycles. The SMILES string of the molecule is [2H]C1([2H])N(CC2CCN(CCOc3ccc(C(=C(CC)c4ccccc4)c4ccccc4)cc3)CC2)C([2H])([2H])C([2H])([2H])N(c2c(F)c(F)c3c(c2F)C(=O)N(C2CCC(=O)NC2=O)C3=O)C1([2H])[2H]. The number of hydrogen-bond acceptors (Lipinski definition) is 8. The Kier molecular flexibility index (Phi) is 9.52. The van der Waals surface area contributed by atoms with E-state index in [9.17, 15) is 19.2 Å². The summed E-state index contributed by atoms with van der Waals surface area (Å²) >= 11 is 0. The van der Waals surface area contributed by atoms with Crippen LogP contribution in [0.4, 0.5) is 18.9 Å². The van der Waals surface area contributed by atoms with E-state index < -0.39 is 114 Å². The highest BCUT2D eigenvalue weighted by Crippen LogP contribution is 2.39. The van der Waals surface area contributed by atoms with Crippen molar-refractivity contribution >= 4 is 40.5 Å². The molecule has 0 radical (unpaired) electrons. The van der Waals surface area contributed by atoms with Gasteiger partial charge in [0.25, 0.3) is 11.8 Å². The van der Waals surface area contributed by atoms with Gasteiger partial charge in [-0.1, -0.05) is 79.7 Å². The monoisotopic (exact) mass is 827 g/mol. The maximum atomic E-state index is 16.6. The van der Waals surface area contributed by atoms with E-state index in [2.05, 4.69) is 36.1 Å². The molecule has 1 N–H and O–H groups in total. The van der Waals surface area contributed by atoms with Gasteiger partial charge in [0, 0.05) is 51.0 Å². The fourth-order valence-corrected chi connectivity index (χ4v) is 8.22. The number of hydrogen-bond donors (Lipinski definition) is 1. The van der Waals surface area contributed by atoms with Gasteiger partial charge < -0.3 is 9.64 Å². The highest BCUT2D eigenvalue weighted by molar-refractivity contribution is 6.24. The molecule has 312 valence electrons. The molecule has 1 atom stereocenters. The van der Waals surface area contributed by atoms with Crippen LogP contribution in [0.3, 0.4) is 0 Å². The van der Waals surface area contributed by atoms with Gasteiger partial charge in [-0.05, 0) is 84.7 Å². The van der Waals surface area contributed by atoms with Crippen LogP contribution in [0.2, 0.25) is 0 Å². The molecule has 4 aliphatic heterocycles. The van der Waals surface area contributed by atoms with Gasteiger partial charge in [-0.25, -0.2) is 13.2 Å².